The Bertz CT molecular complexity index is 6810. The van der Waals surface area contributed by atoms with Gasteiger partial charge in [-0.25, -0.2) is 79.6 Å². The van der Waals surface area contributed by atoms with Gasteiger partial charge in [0, 0.05) is 140 Å². The molecule has 5 aliphatic carbocycles. The van der Waals surface area contributed by atoms with Crippen LogP contribution in [-0.4, -0.2) is 134 Å². The zero-order valence-corrected chi connectivity index (χ0v) is 86.3. The quantitative estimate of drug-likeness (QED) is 0.0132. The fourth-order valence-corrected chi connectivity index (χ4v) is 19.6. The minimum atomic E-state index is -0.300. The number of halogens is 1. The molecule has 5 aliphatic rings. The molecule has 0 spiro atoms. The molecular formula is C118H128ClN25O4S. The number of hydrogen-bond donors (Lipinski definition) is 10. The number of nitrogens with zero attached hydrogens (tertiary/aromatic N) is 15. The van der Waals surface area contributed by atoms with Gasteiger partial charge in [0.2, 0.25) is 0 Å². The molecule has 0 saturated heterocycles. The van der Waals surface area contributed by atoms with Crippen molar-refractivity contribution in [3.8, 4) is 112 Å². The molecule has 14 aromatic rings. The van der Waals surface area contributed by atoms with Gasteiger partial charge in [0.05, 0.1) is 99.2 Å². The van der Waals surface area contributed by atoms with Crippen LogP contribution in [0.4, 0.5) is 86.6 Å². The maximum atomic E-state index is 12.1. The van der Waals surface area contributed by atoms with Crippen molar-refractivity contribution in [3.63, 3.8) is 0 Å². The van der Waals surface area contributed by atoms with Crippen molar-refractivity contribution in [1.82, 2.24) is 74.8 Å². The number of methoxy groups -OCH3 is 2. The highest BCUT2D eigenvalue weighted by atomic mass is 35.5. The SMILES string of the molecule is C#Cc1cnc(Nc2cc(NCC3CCCCC3)c(-c3ccc(COC)cc3)cn2)cn1.C#Cc1cnc(Nc2cc(NCC3CCCCC3)c(-c3ccc(OC)cc3)cn2)cn1.C#Cc1cnc(Nc2cc(NCC3CCCCC3)c(-c3ccccc3)cn2)cn1.C#Cc1cnc(Nc2cc(NCC3CCCCC3)c(-c3csc(C(=O)OCC)c3)cn2)cn1.C#Cc1cnc(Nc2cc(NCC3CCCCC3)c(Cl)cn2)cn1. The largest absolute Gasteiger partial charge is 0.497 e. The van der Waals surface area contributed by atoms with Crippen LogP contribution in [-0.2, 0) is 16.1 Å². The molecule has 0 atom stereocenters. The summed E-state index contributed by atoms with van der Waals surface area (Å²) in [4.78, 5) is 77.6. The first-order valence-corrected chi connectivity index (χ1v) is 52.7. The van der Waals surface area contributed by atoms with E-state index in [9.17, 15) is 4.79 Å². The summed E-state index contributed by atoms with van der Waals surface area (Å²) in [6.07, 6.45) is 84.5. The van der Waals surface area contributed by atoms with Crippen LogP contribution in [0.3, 0.4) is 0 Å². The maximum Gasteiger partial charge on any atom is 0.348 e. The highest BCUT2D eigenvalue weighted by Gasteiger charge is 2.24. The van der Waals surface area contributed by atoms with Crippen LogP contribution >= 0.6 is 22.9 Å². The van der Waals surface area contributed by atoms with Gasteiger partial charge in [-0.2, -0.15) is 0 Å². The van der Waals surface area contributed by atoms with Crippen LogP contribution < -0.4 is 57.9 Å². The lowest BCUT2D eigenvalue weighted by molar-refractivity contribution is 0.0532. The van der Waals surface area contributed by atoms with E-state index < -0.39 is 0 Å². The Morgan fingerprint density at radius 3 is 0.899 bits per heavy atom. The summed E-state index contributed by atoms with van der Waals surface area (Å²) in [5.74, 6) is 22.8. The van der Waals surface area contributed by atoms with E-state index in [2.05, 4.69) is 218 Å². The van der Waals surface area contributed by atoms with Crippen LogP contribution in [0.2, 0.25) is 5.02 Å². The number of nitrogens with one attached hydrogen (secondary N) is 10. The molecule has 0 amide bonds. The Morgan fingerprint density at radius 2 is 0.611 bits per heavy atom. The molecule has 19 rings (SSSR count). The maximum absolute atomic E-state index is 12.1. The number of aromatic nitrogens is 15. The first kappa shape index (κ1) is 107. The van der Waals surface area contributed by atoms with Gasteiger partial charge in [0.25, 0.3) is 0 Å². The van der Waals surface area contributed by atoms with Gasteiger partial charge in [-0.1, -0.05) is 175 Å². The van der Waals surface area contributed by atoms with E-state index in [4.69, 9.17) is 57.9 Å². The molecule has 0 bridgehead atoms. The van der Waals surface area contributed by atoms with Crippen LogP contribution in [0.25, 0.3) is 44.5 Å². The fourth-order valence-electron chi connectivity index (χ4n) is 18.6. The lowest BCUT2D eigenvalue weighted by Crippen LogP contribution is -2.17. The monoisotopic (exact) mass is 2030 g/mol. The number of esters is 1. The Labute approximate surface area is 883 Å². The molecule has 11 heterocycles. The van der Waals surface area contributed by atoms with Crippen LogP contribution in [0.15, 0.2) is 214 Å². The van der Waals surface area contributed by atoms with Crippen LogP contribution in [0, 0.1) is 91.3 Å². The molecule has 5 fully saturated rings. The lowest BCUT2D eigenvalue weighted by atomic mass is 9.89. The van der Waals surface area contributed by atoms with Gasteiger partial charge >= 0.3 is 5.97 Å². The Morgan fingerprint density at radius 1 is 0.329 bits per heavy atom. The first-order valence-electron chi connectivity index (χ1n) is 51.4. The zero-order chi connectivity index (χ0) is 103. The van der Waals surface area contributed by atoms with Crippen molar-refractivity contribution in [2.45, 2.75) is 174 Å². The minimum absolute atomic E-state index is 0.300. The van der Waals surface area contributed by atoms with E-state index in [0.717, 1.165) is 135 Å². The van der Waals surface area contributed by atoms with E-state index >= 15 is 0 Å². The Kier molecular flexibility index (Phi) is 41.0. The van der Waals surface area contributed by atoms with Crippen LogP contribution in [0.5, 0.6) is 5.75 Å². The molecule has 149 heavy (non-hydrogen) atoms. The third-order valence-corrected chi connectivity index (χ3v) is 27.9. The second kappa shape index (κ2) is 57.1. The predicted octanol–water partition coefficient (Wildman–Crippen LogP) is 25.7. The number of hydrogen-bond acceptors (Lipinski definition) is 30. The highest BCUT2D eigenvalue weighted by molar-refractivity contribution is 7.12. The van der Waals surface area contributed by atoms with E-state index in [-0.39, 0.29) is 5.97 Å². The highest BCUT2D eigenvalue weighted by Crippen LogP contribution is 2.40. The molecule has 3 aromatic carbocycles. The van der Waals surface area contributed by atoms with E-state index in [1.165, 1.54) is 172 Å². The number of pyridine rings is 5. The van der Waals surface area contributed by atoms with Crippen LogP contribution in [0.1, 0.15) is 211 Å². The standard InChI is InChI=1S/C26H29N5O.C25H27N5O2S.C25H27N5O.C24H25N5.C18H20ClN5/c1-3-22-15-29-26(17-27-22)31-25-13-24(28-14-19-7-5-4-6-8-19)23(16-30-25)21-11-9-20(10-12-21)18-32-2;1-3-19-13-28-24(15-26-19)30-23-11-21(27-12-17-8-6-5-7-9-17)20(14-29-23)18-10-22(33-16-18)25(31)32-4-2;1-3-20-15-28-25(17-26-20)30-24-13-23(27-14-18-7-5-4-6-8-18)22(16-29-24)19-9-11-21(31-2)12-10-19;1-2-20-15-27-24(17-25-20)29-23-13-22(26-14-18-9-5-3-6-10-18)21(16-28-23)19-11-7-4-8-12-19;1-2-14-10-22-18(12-20-14)24-17-8-16(15(19)11-23-17)21-9-13-6-4-3-5-7-13/h1,9-13,15-17,19H,4-8,14,18H2,2H3,(H2,28,29,30,31);1,10-11,13-17H,4-9,12H2,2H3,(H2,27,28,29,30);1,9-13,15-18H,4-8,14H2,2H3,(H2,27,28,29,30);1,4,7-8,11-13,15-18H,3,5-6,9-10,14H2,(H2,26,27,28,29);1,8,10-13H,3-7,9H2,(H2,21,22,23,24). The normalized spacial score (nSPS) is 14.1. The van der Waals surface area contributed by atoms with E-state index in [0.29, 0.717) is 122 Å². The average Bonchev–Trinajstić information content (AvgIpc) is 1.71. The van der Waals surface area contributed by atoms with E-state index in [1.54, 1.807) is 89.3 Å². The van der Waals surface area contributed by atoms with Crippen molar-refractivity contribution >= 4 is 116 Å². The van der Waals surface area contributed by atoms with Crippen molar-refractivity contribution in [2.24, 2.45) is 29.6 Å². The second-order valence-electron chi connectivity index (χ2n) is 37.4. The minimum Gasteiger partial charge on any atom is -0.497 e. The number of anilines is 15. The van der Waals surface area contributed by atoms with Gasteiger partial charge in [0.1, 0.15) is 97.3 Å². The summed E-state index contributed by atoms with van der Waals surface area (Å²) in [6, 6.07) is 38.7. The first-order chi connectivity index (χ1) is 73.2. The molecule has 31 heteroatoms. The van der Waals surface area contributed by atoms with Crippen molar-refractivity contribution in [1.29, 1.82) is 0 Å². The van der Waals surface area contributed by atoms with Crippen molar-refractivity contribution in [3.05, 3.63) is 258 Å². The number of carbonyl (C=O) groups is 1. The van der Waals surface area contributed by atoms with E-state index in [1.807, 2.05) is 84.8 Å². The third-order valence-electron chi connectivity index (χ3n) is 26.7. The molecule has 5 saturated carbocycles. The number of thiophene rings is 1. The summed E-state index contributed by atoms with van der Waals surface area (Å²) in [5.41, 5.74) is 17.1. The summed E-state index contributed by atoms with van der Waals surface area (Å²) in [5, 5.41) is 36.7. The summed E-state index contributed by atoms with van der Waals surface area (Å²) in [7, 11) is 3.38. The van der Waals surface area contributed by atoms with Gasteiger partial charge in [-0.15, -0.1) is 43.5 Å². The average molecular weight is 2030 g/mol. The van der Waals surface area contributed by atoms with Gasteiger partial charge in [-0.3, -0.25) is 0 Å². The number of benzene rings is 3. The molecule has 0 unspecified atom stereocenters. The summed E-state index contributed by atoms with van der Waals surface area (Å²) >= 11 is 7.63. The third kappa shape index (κ3) is 33.2. The Hall–Kier alpha value is -16.2. The molecule has 11 aromatic heterocycles. The van der Waals surface area contributed by atoms with Crippen molar-refractivity contribution < 1.29 is 19.0 Å². The molecular weight excluding hydrogens is 1900 g/mol. The molecule has 762 valence electrons. The number of ether oxygens (including phenoxy) is 3. The van der Waals surface area contributed by atoms with Crippen molar-refractivity contribution in [2.75, 3.05) is 107 Å². The topological polar surface area (TPSA) is 358 Å². The number of rotatable bonds is 34. The molecule has 10 N–H and O–H groups in total. The molecule has 29 nitrogen and oxygen atoms in total. The summed E-state index contributed by atoms with van der Waals surface area (Å²) in [6.45, 7) is 7.53. The number of carbonyl (C=O) groups excluding carboxylic acids is 1. The predicted molar refractivity (Wildman–Crippen MR) is 601 cm³/mol. The smallest absolute Gasteiger partial charge is 0.348 e. The zero-order valence-electron chi connectivity index (χ0n) is 84.7. The lowest BCUT2D eigenvalue weighted by Gasteiger charge is -2.23. The molecule has 0 aliphatic heterocycles. The Balaban J connectivity index is 0.000000140. The number of terminal acetylenes is 5. The van der Waals surface area contributed by atoms with Gasteiger partial charge < -0.3 is 67.4 Å². The fraction of sp³-hybridized carbons (Fsp3) is 0.339. The summed E-state index contributed by atoms with van der Waals surface area (Å²) < 4.78 is 15.7. The van der Waals surface area contributed by atoms with Gasteiger partial charge in [0.15, 0.2) is 0 Å². The second-order valence-corrected chi connectivity index (χ2v) is 38.7. The molecule has 0 radical (unpaired) electrons. The van der Waals surface area contributed by atoms with Gasteiger partial charge in [-0.05, 0) is 182 Å².